The topological polar surface area (TPSA) is 90.1 Å². The Bertz CT molecular complexity index is 787. The number of ether oxygens (including phenoxy) is 3. The van der Waals surface area contributed by atoms with Crippen LogP contribution >= 0.6 is 24.0 Å². The van der Waals surface area contributed by atoms with Crippen LogP contribution in [0, 0.1) is 0 Å². The molecule has 162 valence electrons. The van der Waals surface area contributed by atoms with Gasteiger partial charge in [-0.2, -0.15) is 0 Å². The zero-order chi connectivity index (χ0) is 20.5. The Labute approximate surface area is 189 Å². The van der Waals surface area contributed by atoms with Crippen molar-refractivity contribution in [2.75, 3.05) is 28.4 Å². The van der Waals surface area contributed by atoms with Gasteiger partial charge in [0.05, 0.1) is 27.0 Å². The maximum atomic E-state index is 5.48. The van der Waals surface area contributed by atoms with E-state index >= 15 is 0 Å². The maximum Gasteiger partial charge on any atom is 0.191 e. The third-order valence-electron chi connectivity index (χ3n) is 4.50. The monoisotopic (exact) mass is 518 g/mol. The molecule has 0 amide bonds. The molecule has 0 aliphatic heterocycles. The van der Waals surface area contributed by atoms with Gasteiger partial charge in [-0.05, 0) is 12.5 Å². The van der Waals surface area contributed by atoms with Crippen molar-refractivity contribution in [1.82, 2.24) is 15.8 Å². The maximum absolute atomic E-state index is 5.48. The highest BCUT2D eigenvalue weighted by Gasteiger charge is 2.15. The largest absolute Gasteiger partial charge is 0.496 e. The van der Waals surface area contributed by atoms with Gasteiger partial charge in [-0.1, -0.05) is 19.0 Å². The highest BCUT2D eigenvalue weighted by atomic mass is 127. The second-order valence-corrected chi connectivity index (χ2v) is 6.04. The van der Waals surface area contributed by atoms with Crippen molar-refractivity contribution in [3.8, 4) is 17.2 Å². The molecule has 0 bridgehead atoms. The second kappa shape index (κ2) is 12.4. The molecule has 0 aliphatic carbocycles. The third-order valence-corrected chi connectivity index (χ3v) is 4.50. The molecule has 29 heavy (non-hydrogen) atoms. The molecule has 2 aromatic rings. The van der Waals surface area contributed by atoms with Crippen LogP contribution in [0.1, 0.15) is 36.4 Å². The molecule has 0 atom stereocenters. The summed E-state index contributed by atoms with van der Waals surface area (Å²) in [7, 11) is 6.57. The van der Waals surface area contributed by atoms with Crippen molar-refractivity contribution in [3.05, 3.63) is 34.7 Å². The van der Waals surface area contributed by atoms with Crippen LogP contribution < -0.4 is 24.8 Å². The number of methoxy groups -OCH3 is 3. The number of aromatic nitrogens is 1. The van der Waals surface area contributed by atoms with Gasteiger partial charge in [-0.15, -0.1) is 24.0 Å². The summed E-state index contributed by atoms with van der Waals surface area (Å²) >= 11 is 0. The van der Waals surface area contributed by atoms with Crippen molar-refractivity contribution in [3.63, 3.8) is 0 Å². The average molecular weight is 518 g/mol. The Balaban J connectivity index is 0.00000420. The molecule has 0 unspecified atom stereocenters. The van der Waals surface area contributed by atoms with Crippen molar-refractivity contribution < 1.29 is 18.7 Å². The standard InChI is InChI=1S/C20H30N4O4.HI/c1-7-15-14(16(8-2)28-24-15)12-23-20(21-3)22-11-13-9-18(26-5)19(27-6)10-17(13)25-4;/h9-10H,7-8,11-12H2,1-6H3,(H2,21,22,23);1H. The molecule has 0 aliphatic rings. The van der Waals surface area contributed by atoms with E-state index in [0.29, 0.717) is 36.3 Å². The number of hydrogen-bond donors (Lipinski definition) is 2. The highest BCUT2D eigenvalue weighted by molar-refractivity contribution is 14.0. The second-order valence-electron chi connectivity index (χ2n) is 6.04. The fourth-order valence-electron chi connectivity index (χ4n) is 2.94. The van der Waals surface area contributed by atoms with E-state index in [4.69, 9.17) is 18.7 Å². The van der Waals surface area contributed by atoms with Gasteiger partial charge in [0.25, 0.3) is 0 Å². The fraction of sp³-hybridized carbons (Fsp3) is 0.500. The minimum Gasteiger partial charge on any atom is -0.496 e. The third kappa shape index (κ3) is 6.15. The van der Waals surface area contributed by atoms with Crippen LogP contribution in [-0.2, 0) is 25.9 Å². The number of halogens is 1. The van der Waals surface area contributed by atoms with Crippen LogP contribution in [0.2, 0.25) is 0 Å². The molecule has 0 spiro atoms. The van der Waals surface area contributed by atoms with Crippen LogP contribution in [0.15, 0.2) is 21.6 Å². The lowest BCUT2D eigenvalue weighted by Gasteiger charge is -2.16. The first-order valence-electron chi connectivity index (χ1n) is 9.31. The molecule has 0 saturated heterocycles. The van der Waals surface area contributed by atoms with E-state index in [2.05, 4.69) is 34.6 Å². The summed E-state index contributed by atoms with van der Waals surface area (Å²) < 4.78 is 21.6. The number of benzene rings is 1. The van der Waals surface area contributed by atoms with E-state index < -0.39 is 0 Å². The normalized spacial score (nSPS) is 10.9. The van der Waals surface area contributed by atoms with Crippen molar-refractivity contribution in [2.24, 2.45) is 4.99 Å². The van der Waals surface area contributed by atoms with Crippen LogP contribution in [0.3, 0.4) is 0 Å². The summed E-state index contributed by atoms with van der Waals surface area (Å²) in [4.78, 5) is 4.29. The van der Waals surface area contributed by atoms with E-state index in [1.54, 1.807) is 28.4 Å². The number of hydrogen-bond acceptors (Lipinski definition) is 6. The first-order valence-corrected chi connectivity index (χ1v) is 9.31. The average Bonchev–Trinajstić information content (AvgIpc) is 3.15. The molecule has 2 N–H and O–H groups in total. The van der Waals surface area contributed by atoms with E-state index in [0.717, 1.165) is 35.4 Å². The van der Waals surface area contributed by atoms with Crippen molar-refractivity contribution in [2.45, 2.75) is 39.8 Å². The number of rotatable bonds is 9. The summed E-state index contributed by atoms with van der Waals surface area (Å²) in [6, 6.07) is 3.70. The van der Waals surface area contributed by atoms with Gasteiger partial charge < -0.3 is 29.4 Å². The van der Waals surface area contributed by atoms with Gasteiger partial charge in [0.15, 0.2) is 17.5 Å². The summed E-state index contributed by atoms with van der Waals surface area (Å²) in [5.41, 5.74) is 2.99. The van der Waals surface area contributed by atoms with Gasteiger partial charge in [-0.3, -0.25) is 4.99 Å². The van der Waals surface area contributed by atoms with Gasteiger partial charge in [0.2, 0.25) is 0 Å². The van der Waals surface area contributed by atoms with Crippen LogP contribution in [-0.4, -0.2) is 39.5 Å². The Morgan fingerprint density at radius 2 is 1.59 bits per heavy atom. The molecule has 8 nitrogen and oxygen atoms in total. The molecule has 1 aromatic heterocycles. The SMILES string of the molecule is CCc1noc(CC)c1CNC(=NC)NCc1cc(OC)c(OC)cc1OC.I. The zero-order valence-corrected chi connectivity index (χ0v) is 20.2. The van der Waals surface area contributed by atoms with E-state index in [1.807, 2.05) is 12.1 Å². The van der Waals surface area contributed by atoms with E-state index in [1.165, 1.54) is 0 Å². The molecule has 0 radical (unpaired) electrons. The Morgan fingerprint density at radius 3 is 2.14 bits per heavy atom. The number of guanidine groups is 1. The smallest absolute Gasteiger partial charge is 0.191 e. The van der Waals surface area contributed by atoms with E-state index in [9.17, 15) is 0 Å². The molecule has 2 rings (SSSR count). The summed E-state index contributed by atoms with van der Waals surface area (Å²) in [5, 5.41) is 10.8. The Kier molecular flexibility index (Phi) is 10.6. The summed E-state index contributed by atoms with van der Waals surface area (Å²) in [5.74, 6) is 3.55. The van der Waals surface area contributed by atoms with E-state index in [-0.39, 0.29) is 24.0 Å². The van der Waals surface area contributed by atoms with Crippen LogP contribution in [0.25, 0.3) is 0 Å². The first kappa shape index (κ1) is 24.9. The number of nitrogens with zero attached hydrogens (tertiary/aromatic N) is 2. The van der Waals surface area contributed by atoms with Gasteiger partial charge in [0.1, 0.15) is 11.5 Å². The van der Waals surface area contributed by atoms with Crippen molar-refractivity contribution >= 4 is 29.9 Å². The lowest BCUT2D eigenvalue weighted by Crippen LogP contribution is -2.36. The lowest BCUT2D eigenvalue weighted by atomic mass is 10.1. The first-order chi connectivity index (χ1) is 13.6. The molecule has 1 aromatic carbocycles. The molecule has 1 heterocycles. The predicted molar refractivity (Wildman–Crippen MR) is 124 cm³/mol. The minimum absolute atomic E-state index is 0. The Hall–Kier alpha value is -2.17. The van der Waals surface area contributed by atoms with Crippen LogP contribution in [0.4, 0.5) is 0 Å². The molecule has 0 saturated carbocycles. The Morgan fingerprint density at radius 1 is 0.966 bits per heavy atom. The molecular weight excluding hydrogens is 487 g/mol. The van der Waals surface area contributed by atoms with Crippen LogP contribution in [0.5, 0.6) is 17.2 Å². The van der Waals surface area contributed by atoms with Gasteiger partial charge in [-0.25, -0.2) is 0 Å². The van der Waals surface area contributed by atoms with Gasteiger partial charge in [0, 0.05) is 43.8 Å². The summed E-state index contributed by atoms with van der Waals surface area (Å²) in [6.07, 6.45) is 1.63. The molecule has 9 heteroatoms. The number of aryl methyl sites for hydroxylation is 2. The molecular formula is C20H31IN4O4. The summed E-state index contributed by atoms with van der Waals surface area (Å²) in [6.45, 7) is 5.23. The number of aliphatic imine (C=N–C) groups is 1. The highest BCUT2D eigenvalue weighted by Crippen LogP contribution is 2.34. The number of nitrogens with one attached hydrogen (secondary N) is 2. The van der Waals surface area contributed by atoms with Crippen molar-refractivity contribution in [1.29, 1.82) is 0 Å². The fourth-order valence-corrected chi connectivity index (χ4v) is 2.94. The zero-order valence-electron chi connectivity index (χ0n) is 17.9. The van der Waals surface area contributed by atoms with Gasteiger partial charge >= 0.3 is 0 Å². The molecule has 0 fully saturated rings. The predicted octanol–water partition coefficient (Wildman–Crippen LogP) is 3.31. The lowest BCUT2D eigenvalue weighted by molar-refractivity contribution is 0.347. The quantitative estimate of drug-likeness (QED) is 0.299. The minimum atomic E-state index is 0.